The van der Waals surface area contributed by atoms with Crippen LogP contribution in [0.4, 0.5) is 0 Å². The van der Waals surface area contributed by atoms with E-state index in [1.807, 2.05) is 6.07 Å². The van der Waals surface area contributed by atoms with E-state index in [4.69, 9.17) is 5.73 Å². The van der Waals surface area contributed by atoms with Crippen LogP contribution in [0, 0.1) is 0 Å². The van der Waals surface area contributed by atoms with Crippen LogP contribution in [0.2, 0.25) is 0 Å². The van der Waals surface area contributed by atoms with Crippen molar-refractivity contribution in [1.82, 2.24) is 9.88 Å². The molecule has 1 aliphatic heterocycles. The molecule has 17 heavy (non-hydrogen) atoms. The maximum atomic E-state index is 12.1. The van der Waals surface area contributed by atoms with Gasteiger partial charge in [-0.25, -0.2) is 0 Å². The Hall–Kier alpha value is -1.46. The molecule has 1 aromatic rings. The molecule has 5 nitrogen and oxygen atoms in total. The van der Waals surface area contributed by atoms with E-state index < -0.39 is 0 Å². The summed E-state index contributed by atoms with van der Waals surface area (Å²) in [6.07, 6.45) is 3.43. The molecule has 5 heteroatoms. The monoisotopic (exact) mass is 235 g/mol. The zero-order valence-electron chi connectivity index (χ0n) is 9.67. The molecule has 2 heterocycles. The topological polar surface area (TPSA) is 79.5 Å². The number of aromatic nitrogens is 1. The zero-order chi connectivity index (χ0) is 12.3. The molecular weight excluding hydrogens is 218 g/mol. The fourth-order valence-electron chi connectivity index (χ4n) is 2.11. The van der Waals surface area contributed by atoms with Gasteiger partial charge in [0.15, 0.2) is 0 Å². The lowest BCUT2D eigenvalue weighted by Crippen LogP contribution is -2.38. The molecule has 0 aliphatic carbocycles. The van der Waals surface area contributed by atoms with Gasteiger partial charge in [-0.3, -0.25) is 9.78 Å². The SMILES string of the molecule is NCc1ccc(C(=O)N2CCC[C@@H]2CO)nc1. The maximum Gasteiger partial charge on any atom is 0.272 e. The predicted molar refractivity (Wildman–Crippen MR) is 63.3 cm³/mol. The minimum absolute atomic E-state index is 0.0205. The molecule has 2 rings (SSSR count). The number of rotatable bonds is 3. The van der Waals surface area contributed by atoms with E-state index in [9.17, 15) is 9.90 Å². The molecule has 0 saturated carbocycles. The van der Waals surface area contributed by atoms with E-state index in [0.717, 1.165) is 18.4 Å². The van der Waals surface area contributed by atoms with Gasteiger partial charge in [-0.15, -0.1) is 0 Å². The first-order valence-corrected chi connectivity index (χ1v) is 5.83. The molecule has 1 aromatic heterocycles. The van der Waals surface area contributed by atoms with E-state index in [0.29, 0.717) is 18.8 Å². The summed E-state index contributed by atoms with van der Waals surface area (Å²) >= 11 is 0. The summed E-state index contributed by atoms with van der Waals surface area (Å²) < 4.78 is 0. The molecule has 1 fully saturated rings. The molecule has 1 amide bonds. The van der Waals surface area contributed by atoms with Gasteiger partial charge < -0.3 is 15.7 Å². The summed E-state index contributed by atoms with van der Waals surface area (Å²) in [5.41, 5.74) is 6.80. The smallest absolute Gasteiger partial charge is 0.272 e. The Kier molecular flexibility index (Phi) is 3.71. The quantitative estimate of drug-likeness (QED) is 0.781. The van der Waals surface area contributed by atoms with Crippen LogP contribution in [0.1, 0.15) is 28.9 Å². The molecule has 3 N–H and O–H groups in total. The summed E-state index contributed by atoms with van der Waals surface area (Å²) in [4.78, 5) is 17.9. The highest BCUT2D eigenvalue weighted by atomic mass is 16.3. The Morgan fingerprint density at radius 1 is 1.59 bits per heavy atom. The van der Waals surface area contributed by atoms with Crippen LogP contribution in [0.5, 0.6) is 0 Å². The van der Waals surface area contributed by atoms with Gasteiger partial charge in [0.2, 0.25) is 0 Å². The third-order valence-electron chi connectivity index (χ3n) is 3.13. The lowest BCUT2D eigenvalue weighted by atomic mass is 10.2. The highest BCUT2D eigenvalue weighted by Crippen LogP contribution is 2.18. The minimum atomic E-state index is -0.106. The van der Waals surface area contributed by atoms with Gasteiger partial charge in [0.1, 0.15) is 5.69 Å². The molecule has 0 unspecified atom stereocenters. The van der Waals surface area contributed by atoms with Crippen molar-refractivity contribution in [3.05, 3.63) is 29.6 Å². The Labute approximate surface area is 100 Å². The summed E-state index contributed by atoms with van der Waals surface area (Å²) in [6, 6.07) is 3.44. The van der Waals surface area contributed by atoms with Crippen molar-refractivity contribution < 1.29 is 9.90 Å². The van der Waals surface area contributed by atoms with E-state index in [1.165, 1.54) is 0 Å². The molecule has 0 spiro atoms. The van der Waals surface area contributed by atoms with Gasteiger partial charge in [-0.05, 0) is 24.5 Å². The summed E-state index contributed by atoms with van der Waals surface area (Å²) in [7, 11) is 0. The van der Waals surface area contributed by atoms with Gasteiger partial charge in [0.25, 0.3) is 5.91 Å². The number of hydrogen-bond acceptors (Lipinski definition) is 4. The van der Waals surface area contributed by atoms with Crippen LogP contribution in [0.25, 0.3) is 0 Å². The van der Waals surface area contributed by atoms with Crippen molar-refractivity contribution >= 4 is 5.91 Å². The normalized spacial score (nSPS) is 19.6. The molecule has 0 aromatic carbocycles. The van der Waals surface area contributed by atoms with Gasteiger partial charge in [-0.1, -0.05) is 6.07 Å². The van der Waals surface area contributed by atoms with Gasteiger partial charge in [0.05, 0.1) is 12.6 Å². The maximum absolute atomic E-state index is 12.1. The highest BCUT2D eigenvalue weighted by molar-refractivity contribution is 5.92. The second-order valence-corrected chi connectivity index (χ2v) is 4.23. The largest absolute Gasteiger partial charge is 0.394 e. The van der Waals surface area contributed by atoms with Crippen LogP contribution in [-0.4, -0.2) is 40.1 Å². The fourth-order valence-corrected chi connectivity index (χ4v) is 2.11. The Morgan fingerprint density at radius 3 is 3.00 bits per heavy atom. The molecule has 1 aliphatic rings. The van der Waals surface area contributed by atoms with Gasteiger partial charge in [0, 0.05) is 19.3 Å². The van der Waals surface area contributed by atoms with Crippen LogP contribution < -0.4 is 5.73 Å². The molecule has 92 valence electrons. The standard InChI is InChI=1S/C12H17N3O2/c13-6-9-3-4-11(14-7-9)12(17)15-5-1-2-10(15)8-16/h3-4,7,10,16H,1-2,5-6,8,13H2/t10-/m1/s1. The van der Waals surface area contributed by atoms with Crippen molar-refractivity contribution in [3.63, 3.8) is 0 Å². The summed E-state index contributed by atoms with van der Waals surface area (Å²) in [5, 5.41) is 9.18. The van der Waals surface area contributed by atoms with Gasteiger partial charge >= 0.3 is 0 Å². The lowest BCUT2D eigenvalue weighted by molar-refractivity contribution is 0.0671. The highest BCUT2D eigenvalue weighted by Gasteiger charge is 2.29. The number of aliphatic hydroxyl groups excluding tert-OH is 1. The second kappa shape index (κ2) is 5.25. The average Bonchev–Trinajstić information content (AvgIpc) is 2.86. The zero-order valence-corrected chi connectivity index (χ0v) is 9.67. The molecule has 0 radical (unpaired) electrons. The second-order valence-electron chi connectivity index (χ2n) is 4.23. The third-order valence-corrected chi connectivity index (χ3v) is 3.13. The molecule has 0 bridgehead atoms. The van der Waals surface area contributed by atoms with E-state index in [1.54, 1.807) is 17.2 Å². The number of nitrogens with two attached hydrogens (primary N) is 1. The number of likely N-dealkylation sites (tertiary alicyclic amines) is 1. The van der Waals surface area contributed by atoms with E-state index in [2.05, 4.69) is 4.98 Å². The molecular formula is C12H17N3O2. The molecule has 1 saturated heterocycles. The van der Waals surface area contributed by atoms with Crippen molar-refractivity contribution in [2.45, 2.75) is 25.4 Å². The number of amides is 1. The van der Waals surface area contributed by atoms with Gasteiger partial charge in [-0.2, -0.15) is 0 Å². The fraction of sp³-hybridized carbons (Fsp3) is 0.500. The number of pyridine rings is 1. The van der Waals surface area contributed by atoms with Crippen LogP contribution in [-0.2, 0) is 6.54 Å². The molecule has 1 atom stereocenters. The lowest BCUT2D eigenvalue weighted by Gasteiger charge is -2.22. The first kappa shape index (κ1) is 12.0. The Morgan fingerprint density at radius 2 is 2.41 bits per heavy atom. The van der Waals surface area contributed by atoms with E-state index >= 15 is 0 Å². The first-order valence-electron chi connectivity index (χ1n) is 5.83. The Balaban J connectivity index is 2.13. The van der Waals surface area contributed by atoms with Crippen LogP contribution in [0.15, 0.2) is 18.3 Å². The average molecular weight is 235 g/mol. The number of carbonyl (C=O) groups excluding carboxylic acids is 1. The number of nitrogens with zero attached hydrogens (tertiary/aromatic N) is 2. The van der Waals surface area contributed by atoms with Crippen molar-refractivity contribution in [2.24, 2.45) is 5.73 Å². The Bertz CT molecular complexity index is 391. The number of carbonyl (C=O) groups is 1. The van der Waals surface area contributed by atoms with Crippen LogP contribution in [0.3, 0.4) is 0 Å². The third kappa shape index (κ3) is 2.45. The van der Waals surface area contributed by atoms with Crippen molar-refractivity contribution in [1.29, 1.82) is 0 Å². The number of hydrogen-bond donors (Lipinski definition) is 2. The van der Waals surface area contributed by atoms with Crippen molar-refractivity contribution in [3.8, 4) is 0 Å². The van der Waals surface area contributed by atoms with Crippen molar-refractivity contribution in [2.75, 3.05) is 13.2 Å². The minimum Gasteiger partial charge on any atom is -0.394 e. The first-order chi connectivity index (χ1) is 8.26. The number of aliphatic hydroxyl groups is 1. The van der Waals surface area contributed by atoms with E-state index in [-0.39, 0.29) is 18.6 Å². The summed E-state index contributed by atoms with van der Waals surface area (Å²) in [5.74, 6) is -0.106. The predicted octanol–water partition coefficient (Wildman–Crippen LogP) is 0.137. The van der Waals surface area contributed by atoms with Crippen LogP contribution >= 0.6 is 0 Å². The summed E-state index contributed by atoms with van der Waals surface area (Å²) in [6.45, 7) is 1.14.